The number of aliphatic carboxylic acids is 1. The molecule has 2 amide bonds. The predicted molar refractivity (Wildman–Crippen MR) is 71.1 cm³/mol. The second-order valence-corrected chi connectivity index (χ2v) is 4.78. The fourth-order valence-corrected chi connectivity index (χ4v) is 1.96. The van der Waals surface area contributed by atoms with Gasteiger partial charge in [-0.25, -0.2) is 0 Å². The lowest BCUT2D eigenvalue weighted by atomic mass is 10.2. The summed E-state index contributed by atoms with van der Waals surface area (Å²) in [6.07, 6.45) is 0.648. The van der Waals surface area contributed by atoms with E-state index in [0.717, 1.165) is 0 Å². The molecule has 1 aromatic rings. The summed E-state index contributed by atoms with van der Waals surface area (Å²) in [4.78, 5) is 33.4. The number of carbonyl (C=O) groups is 3. The van der Waals surface area contributed by atoms with E-state index >= 15 is 0 Å². The molecule has 1 heterocycles. The van der Waals surface area contributed by atoms with Crippen LogP contribution >= 0.6 is 11.3 Å². The van der Waals surface area contributed by atoms with Gasteiger partial charge in [-0.1, -0.05) is 0 Å². The van der Waals surface area contributed by atoms with Crippen molar-refractivity contribution >= 4 is 29.1 Å². The van der Waals surface area contributed by atoms with Crippen LogP contribution in [0.3, 0.4) is 0 Å². The molecule has 1 rings (SSSR count). The minimum absolute atomic E-state index is 0.166. The number of hydrogen-bond acceptors (Lipinski definition) is 4. The van der Waals surface area contributed by atoms with Crippen LogP contribution in [-0.2, 0) is 9.59 Å². The Morgan fingerprint density at radius 2 is 2.16 bits per heavy atom. The molecule has 3 N–H and O–H groups in total. The fourth-order valence-electron chi connectivity index (χ4n) is 1.32. The van der Waals surface area contributed by atoms with Gasteiger partial charge in [0, 0.05) is 23.9 Å². The normalized spacial score (nSPS) is 11.6. The first-order valence-corrected chi connectivity index (χ1v) is 6.77. The maximum atomic E-state index is 11.5. The number of thiophene rings is 1. The van der Waals surface area contributed by atoms with Gasteiger partial charge in [0.1, 0.15) is 6.04 Å². The van der Waals surface area contributed by atoms with E-state index < -0.39 is 12.0 Å². The summed E-state index contributed by atoms with van der Waals surface area (Å²) in [6, 6.07) is 0.828. The van der Waals surface area contributed by atoms with E-state index in [9.17, 15) is 14.4 Å². The highest BCUT2D eigenvalue weighted by Gasteiger charge is 2.13. The van der Waals surface area contributed by atoms with Gasteiger partial charge in [-0.3, -0.25) is 14.4 Å². The molecular formula is C12H16N2O4S. The summed E-state index contributed by atoms with van der Waals surface area (Å²) in [5, 5.41) is 17.2. The van der Waals surface area contributed by atoms with Crippen molar-refractivity contribution in [3.05, 3.63) is 22.4 Å². The highest BCUT2D eigenvalue weighted by Crippen LogP contribution is 2.05. The van der Waals surface area contributed by atoms with E-state index in [1.54, 1.807) is 11.4 Å². The molecule has 19 heavy (non-hydrogen) atoms. The number of carboxylic acid groups (broad SMARTS) is 1. The van der Waals surface area contributed by atoms with Gasteiger partial charge in [0.05, 0.1) is 0 Å². The van der Waals surface area contributed by atoms with Gasteiger partial charge >= 0.3 is 5.97 Å². The van der Waals surface area contributed by atoms with Crippen molar-refractivity contribution in [1.82, 2.24) is 10.6 Å². The van der Waals surface area contributed by atoms with Gasteiger partial charge in [-0.05, 0) is 24.8 Å². The molecule has 104 valence electrons. The van der Waals surface area contributed by atoms with Crippen molar-refractivity contribution in [2.45, 2.75) is 25.8 Å². The third kappa shape index (κ3) is 5.52. The molecule has 1 atom stereocenters. The number of rotatable bonds is 7. The monoisotopic (exact) mass is 284 g/mol. The lowest BCUT2D eigenvalue weighted by Crippen LogP contribution is -2.38. The standard InChI is InChI=1S/C12H16N2O4S/c1-8(12(17)18)14-10(15)3-2-5-13-11(16)9-4-6-19-7-9/h4,6-8H,2-3,5H2,1H3,(H,13,16)(H,14,15)(H,17,18)/t8-/m0/s1. The van der Waals surface area contributed by atoms with Crippen molar-refractivity contribution in [2.24, 2.45) is 0 Å². The molecule has 0 spiro atoms. The highest BCUT2D eigenvalue weighted by atomic mass is 32.1. The summed E-state index contributed by atoms with van der Waals surface area (Å²) < 4.78 is 0. The Hall–Kier alpha value is -1.89. The molecule has 7 heteroatoms. The highest BCUT2D eigenvalue weighted by molar-refractivity contribution is 7.08. The van der Waals surface area contributed by atoms with Crippen molar-refractivity contribution in [3.8, 4) is 0 Å². The smallest absolute Gasteiger partial charge is 0.325 e. The van der Waals surface area contributed by atoms with Crippen LogP contribution in [0.5, 0.6) is 0 Å². The zero-order valence-electron chi connectivity index (χ0n) is 10.5. The first-order chi connectivity index (χ1) is 9.00. The van der Waals surface area contributed by atoms with Crippen molar-refractivity contribution in [2.75, 3.05) is 6.54 Å². The summed E-state index contributed by atoms with van der Waals surface area (Å²) in [6.45, 7) is 1.78. The molecule has 0 radical (unpaired) electrons. The maximum absolute atomic E-state index is 11.5. The Balaban J connectivity index is 2.15. The van der Waals surface area contributed by atoms with Crippen LogP contribution < -0.4 is 10.6 Å². The predicted octanol–water partition coefficient (Wildman–Crippen LogP) is 0.847. The second kappa shape index (κ2) is 7.52. The first-order valence-electron chi connectivity index (χ1n) is 5.83. The zero-order valence-corrected chi connectivity index (χ0v) is 11.3. The molecule has 0 aliphatic carbocycles. The molecule has 0 saturated carbocycles. The molecule has 0 bridgehead atoms. The average Bonchev–Trinajstić information content (AvgIpc) is 2.88. The van der Waals surface area contributed by atoms with Gasteiger partial charge < -0.3 is 15.7 Å². The molecule has 0 aliphatic heterocycles. The minimum atomic E-state index is -1.07. The quantitative estimate of drug-likeness (QED) is 0.647. The van der Waals surface area contributed by atoms with Gasteiger partial charge in [-0.15, -0.1) is 0 Å². The molecule has 0 fully saturated rings. The van der Waals surface area contributed by atoms with Crippen LogP contribution in [0.4, 0.5) is 0 Å². The third-order valence-corrected chi connectivity index (χ3v) is 3.08. The molecular weight excluding hydrogens is 268 g/mol. The number of hydrogen-bond donors (Lipinski definition) is 3. The lowest BCUT2D eigenvalue weighted by molar-refractivity contribution is -0.141. The molecule has 1 aromatic heterocycles. The van der Waals surface area contributed by atoms with Gasteiger partial charge in [0.15, 0.2) is 0 Å². The summed E-state index contributed by atoms with van der Waals surface area (Å²) in [7, 11) is 0. The Morgan fingerprint density at radius 3 is 2.74 bits per heavy atom. The Bertz CT molecular complexity index is 445. The largest absolute Gasteiger partial charge is 0.480 e. The second-order valence-electron chi connectivity index (χ2n) is 4.00. The Kier molecular flexibility index (Phi) is 6.01. The topological polar surface area (TPSA) is 95.5 Å². The van der Waals surface area contributed by atoms with E-state index in [1.165, 1.54) is 18.3 Å². The number of amides is 2. The maximum Gasteiger partial charge on any atom is 0.325 e. The molecule has 0 aliphatic rings. The van der Waals surface area contributed by atoms with Gasteiger partial charge in [-0.2, -0.15) is 11.3 Å². The zero-order chi connectivity index (χ0) is 14.3. The number of carboxylic acids is 1. The number of nitrogens with one attached hydrogen (secondary N) is 2. The van der Waals surface area contributed by atoms with Crippen LogP contribution in [0, 0.1) is 0 Å². The average molecular weight is 284 g/mol. The van der Waals surface area contributed by atoms with Crippen LogP contribution in [0.1, 0.15) is 30.1 Å². The van der Waals surface area contributed by atoms with Crippen LogP contribution in [0.25, 0.3) is 0 Å². The van der Waals surface area contributed by atoms with E-state index in [4.69, 9.17) is 5.11 Å². The minimum Gasteiger partial charge on any atom is -0.480 e. The van der Waals surface area contributed by atoms with Crippen molar-refractivity contribution < 1.29 is 19.5 Å². The Labute approximate surface area is 114 Å². The third-order valence-electron chi connectivity index (χ3n) is 2.40. The number of carbonyl (C=O) groups excluding carboxylic acids is 2. The van der Waals surface area contributed by atoms with E-state index in [1.807, 2.05) is 5.38 Å². The van der Waals surface area contributed by atoms with E-state index in [-0.39, 0.29) is 18.2 Å². The van der Waals surface area contributed by atoms with E-state index in [2.05, 4.69) is 10.6 Å². The molecule has 0 unspecified atom stereocenters. The summed E-state index contributed by atoms with van der Waals surface area (Å²) in [5.74, 6) is -1.57. The SMILES string of the molecule is C[C@H](NC(=O)CCCNC(=O)c1ccsc1)C(=O)O. The Morgan fingerprint density at radius 1 is 1.42 bits per heavy atom. The fraction of sp³-hybridized carbons (Fsp3) is 0.417. The van der Waals surface area contributed by atoms with Gasteiger partial charge in [0.25, 0.3) is 5.91 Å². The van der Waals surface area contributed by atoms with Crippen LogP contribution in [0.2, 0.25) is 0 Å². The molecule has 0 saturated heterocycles. The van der Waals surface area contributed by atoms with Gasteiger partial charge in [0.2, 0.25) is 5.91 Å². The van der Waals surface area contributed by atoms with Crippen molar-refractivity contribution in [3.63, 3.8) is 0 Å². The summed E-state index contributed by atoms with van der Waals surface area (Å²) in [5.41, 5.74) is 0.606. The molecule has 0 aromatic carbocycles. The molecule has 6 nitrogen and oxygen atoms in total. The van der Waals surface area contributed by atoms with E-state index in [0.29, 0.717) is 18.5 Å². The lowest BCUT2D eigenvalue weighted by Gasteiger charge is -2.09. The van der Waals surface area contributed by atoms with Crippen LogP contribution in [0.15, 0.2) is 16.8 Å². The van der Waals surface area contributed by atoms with Crippen LogP contribution in [-0.4, -0.2) is 35.5 Å². The first kappa shape index (κ1) is 15.2. The summed E-state index contributed by atoms with van der Waals surface area (Å²) >= 11 is 1.44. The van der Waals surface area contributed by atoms with Crippen molar-refractivity contribution in [1.29, 1.82) is 0 Å².